The number of hydrogen-bond donors (Lipinski definition) is 2. The summed E-state index contributed by atoms with van der Waals surface area (Å²) in [5.74, 6) is 2.23. The molecule has 2 heterocycles. The van der Waals surface area contributed by atoms with E-state index in [9.17, 15) is 5.11 Å². The molecule has 3 aromatic rings. The highest BCUT2D eigenvalue weighted by molar-refractivity contribution is 6.31. The van der Waals surface area contributed by atoms with E-state index in [1.165, 1.54) is 0 Å². The number of aliphatic hydroxyl groups excluding tert-OH is 1. The maximum absolute atomic E-state index is 10.9. The van der Waals surface area contributed by atoms with Gasteiger partial charge in [0, 0.05) is 44.3 Å². The maximum Gasteiger partial charge on any atom is 0.142 e. The number of aryl methyl sites for hydroxylation is 1. The average molecular weight is 553 g/mol. The first-order chi connectivity index (χ1) is 19.0. The van der Waals surface area contributed by atoms with E-state index in [4.69, 9.17) is 30.5 Å². The molecule has 2 N–H and O–H groups in total. The van der Waals surface area contributed by atoms with E-state index in [2.05, 4.69) is 22.3 Å². The molecule has 0 saturated carbocycles. The fourth-order valence-electron chi connectivity index (χ4n) is 5.29. The van der Waals surface area contributed by atoms with Crippen molar-refractivity contribution < 1.29 is 24.1 Å². The molecule has 0 unspecified atom stereocenters. The standard InChI is InChI=1S/C31H37ClN2O5/c1-21-16-25(9-10-26(21)32)39-24-7-5-23(6-8-24)31-28(35)18-33-19-30(31)38-20-22-4-11-29-27(17-22)34(13-15-37-29)12-3-14-36-2/h4-11,16-17,28,30-31,33,35H,3,12-15,18-20H2,1-2H3/t28-,30+,31+/m1/s1. The van der Waals surface area contributed by atoms with Gasteiger partial charge in [-0.05, 0) is 72.5 Å². The molecule has 2 aliphatic heterocycles. The largest absolute Gasteiger partial charge is 0.490 e. The van der Waals surface area contributed by atoms with Gasteiger partial charge in [0.2, 0.25) is 0 Å². The zero-order valence-corrected chi connectivity index (χ0v) is 23.3. The fraction of sp³-hybridized carbons (Fsp3) is 0.419. The van der Waals surface area contributed by atoms with Crippen LogP contribution in [0.5, 0.6) is 17.2 Å². The summed E-state index contributed by atoms with van der Waals surface area (Å²) in [6, 6.07) is 19.8. The molecule has 0 bridgehead atoms. The second-order valence-corrected chi connectivity index (χ2v) is 10.6. The number of ether oxygens (including phenoxy) is 4. The molecule has 0 aliphatic carbocycles. The number of nitrogens with one attached hydrogen (secondary N) is 1. The van der Waals surface area contributed by atoms with Crippen molar-refractivity contribution in [3.05, 3.63) is 82.4 Å². The number of β-amino-alcohol motifs (C(OH)–C–C–N with tert-alkyl or cyclic N) is 1. The number of halogens is 1. The fourth-order valence-corrected chi connectivity index (χ4v) is 5.41. The van der Waals surface area contributed by atoms with Gasteiger partial charge in [-0.3, -0.25) is 0 Å². The number of rotatable bonds is 10. The van der Waals surface area contributed by atoms with Crippen LogP contribution in [0.25, 0.3) is 0 Å². The lowest BCUT2D eigenvalue weighted by Gasteiger charge is -2.36. The molecule has 5 rings (SSSR count). The third-order valence-corrected chi connectivity index (χ3v) is 7.79. The summed E-state index contributed by atoms with van der Waals surface area (Å²) in [4.78, 5) is 2.35. The maximum atomic E-state index is 10.9. The van der Waals surface area contributed by atoms with Gasteiger partial charge in [-0.25, -0.2) is 0 Å². The lowest BCUT2D eigenvalue weighted by Crippen LogP contribution is -2.49. The van der Waals surface area contributed by atoms with Crippen molar-refractivity contribution in [2.45, 2.75) is 38.1 Å². The smallest absolute Gasteiger partial charge is 0.142 e. The van der Waals surface area contributed by atoms with E-state index in [1.807, 2.05) is 55.5 Å². The molecule has 0 spiro atoms. The summed E-state index contributed by atoms with van der Waals surface area (Å²) >= 11 is 6.14. The van der Waals surface area contributed by atoms with Gasteiger partial charge in [-0.2, -0.15) is 0 Å². The Balaban J connectivity index is 1.25. The molecule has 208 valence electrons. The Morgan fingerprint density at radius 2 is 1.87 bits per heavy atom. The van der Waals surface area contributed by atoms with Crippen molar-refractivity contribution in [1.29, 1.82) is 0 Å². The van der Waals surface area contributed by atoms with E-state index in [-0.39, 0.29) is 12.0 Å². The minimum atomic E-state index is -0.553. The normalized spacial score (nSPS) is 20.8. The summed E-state index contributed by atoms with van der Waals surface area (Å²) in [6.07, 6.45) is 0.236. The van der Waals surface area contributed by atoms with Crippen molar-refractivity contribution in [1.82, 2.24) is 5.32 Å². The topological polar surface area (TPSA) is 72.4 Å². The second kappa shape index (κ2) is 13.0. The molecule has 2 aliphatic rings. The lowest BCUT2D eigenvalue weighted by atomic mass is 9.85. The molecular weight excluding hydrogens is 516 g/mol. The molecule has 0 amide bonds. The first-order valence-electron chi connectivity index (χ1n) is 13.6. The van der Waals surface area contributed by atoms with E-state index < -0.39 is 6.10 Å². The van der Waals surface area contributed by atoms with Crippen LogP contribution in [0.4, 0.5) is 5.69 Å². The predicted octanol–water partition coefficient (Wildman–Crippen LogP) is 5.31. The molecule has 3 atom stereocenters. The van der Waals surface area contributed by atoms with E-state index in [0.29, 0.717) is 31.3 Å². The Morgan fingerprint density at radius 1 is 1.05 bits per heavy atom. The first-order valence-corrected chi connectivity index (χ1v) is 13.9. The van der Waals surface area contributed by atoms with Crippen molar-refractivity contribution in [3.8, 4) is 17.2 Å². The Kier molecular flexibility index (Phi) is 9.27. The van der Waals surface area contributed by atoms with Crippen molar-refractivity contribution in [3.63, 3.8) is 0 Å². The predicted molar refractivity (Wildman–Crippen MR) is 154 cm³/mol. The monoisotopic (exact) mass is 552 g/mol. The van der Waals surface area contributed by atoms with Crippen molar-refractivity contribution in [2.24, 2.45) is 0 Å². The highest BCUT2D eigenvalue weighted by Gasteiger charge is 2.34. The van der Waals surface area contributed by atoms with Crippen LogP contribution in [0.3, 0.4) is 0 Å². The first kappa shape index (κ1) is 27.7. The highest BCUT2D eigenvalue weighted by atomic mass is 35.5. The molecule has 8 heteroatoms. The van der Waals surface area contributed by atoms with Crippen molar-refractivity contribution in [2.75, 3.05) is 51.4 Å². The Labute approximate surface area is 235 Å². The van der Waals surface area contributed by atoms with Gasteiger partial charge in [-0.15, -0.1) is 0 Å². The number of piperidine rings is 1. The molecular formula is C31H37ClN2O5. The number of anilines is 1. The minimum absolute atomic E-state index is 0.149. The molecule has 1 fully saturated rings. The van der Waals surface area contributed by atoms with E-state index in [1.54, 1.807) is 7.11 Å². The molecule has 0 aromatic heterocycles. The highest BCUT2D eigenvalue weighted by Crippen LogP contribution is 2.35. The van der Waals surface area contributed by atoms with Crippen molar-refractivity contribution >= 4 is 17.3 Å². The third-order valence-electron chi connectivity index (χ3n) is 7.37. The van der Waals surface area contributed by atoms with Gasteiger partial charge in [0.05, 0.1) is 31.0 Å². The minimum Gasteiger partial charge on any atom is -0.490 e. The Bertz CT molecular complexity index is 1240. The van der Waals surface area contributed by atoms with Crippen LogP contribution < -0.4 is 19.7 Å². The lowest BCUT2D eigenvalue weighted by molar-refractivity contribution is -0.0328. The number of methoxy groups -OCH3 is 1. The van der Waals surface area contributed by atoms with Crippen LogP contribution in [0.2, 0.25) is 5.02 Å². The van der Waals surface area contributed by atoms with Gasteiger partial charge in [-0.1, -0.05) is 29.8 Å². The molecule has 0 radical (unpaired) electrons. The average Bonchev–Trinajstić information content (AvgIpc) is 2.95. The number of hydrogen-bond acceptors (Lipinski definition) is 7. The Hall–Kier alpha value is -2.81. The van der Waals surface area contributed by atoms with Gasteiger partial charge in [0.25, 0.3) is 0 Å². The number of benzene rings is 3. The molecule has 3 aromatic carbocycles. The van der Waals surface area contributed by atoms with Crippen LogP contribution in [0, 0.1) is 6.92 Å². The van der Waals surface area contributed by atoms with Gasteiger partial charge in [0.1, 0.15) is 23.9 Å². The second-order valence-electron chi connectivity index (χ2n) is 10.2. The SMILES string of the molecule is COCCCN1CCOc2ccc(CO[C@H]3CNC[C@@H](O)[C@@H]3c3ccc(Oc4ccc(Cl)c(C)c4)cc3)cc21. The summed E-state index contributed by atoms with van der Waals surface area (Å²) in [5.41, 5.74) is 4.17. The van der Waals surface area contributed by atoms with Crippen LogP contribution in [0.1, 0.15) is 29.0 Å². The summed E-state index contributed by atoms with van der Waals surface area (Å²) < 4.78 is 23.6. The van der Waals surface area contributed by atoms with Crippen LogP contribution in [-0.2, 0) is 16.1 Å². The molecule has 7 nitrogen and oxygen atoms in total. The Morgan fingerprint density at radius 3 is 2.67 bits per heavy atom. The van der Waals surface area contributed by atoms with E-state index >= 15 is 0 Å². The zero-order chi connectivity index (χ0) is 27.2. The van der Waals surface area contributed by atoms with Crippen LogP contribution in [-0.4, -0.2) is 63.8 Å². The van der Waals surface area contributed by atoms with Gasteiger partial charge >= 0.3 is 0 Å². The third kappa shape index (κ3) is 6.86. The number of aliphatic hydroxyl groups is 1. The quantitative estimate of drug-likeness (QED) is 0.330. The number of nitrogens with zero attached hydrogens (tertiary/aromatic N) is 1. The zero-order valence-electron chi connectivity index (χ0n) is 22.6. The summed E-state index contributed by atoms with van der Waals surface area (Å²) in [5, 5.41) is 15.0. The molecule has 1 saturated heterocycles. The number of fused-ring (bicyclic) bond motifs is 1. The summed E-state index contributed by atoms with van der Waals surface area (Å²) in [6.45, 7) is 6.81. The van der Waals surface area contributed by atoms with Gasteiger partial charge in [0.15, 0.2) is 0 Å². The molecule has 39 heavy (non-hydrogen) atoms. The summed E-state index contributed by atoms with van der Waals surface area (Å²) in [7, 11) is 1.73. The van der Waals surface area contributed by atoms with E-state index in [0.717, 1.165) is 65.7 Å². The van der Waals surface area contributed by atoms with Gasteiger partial charge < -0.3 is 34.3 Å². The van der Waals surface area contributed by atoms with Crippen LogP contribution in [0.15, 0.2) is 60.7 Å². The van der Waals surface area contributed by atoms with Crippen LogP contribution >= 0.6 is 11.6 Å².